The van der Waals surface area contributed by atoms with Gasteiger partial charge in [-0.1, -0.05) is 18.3 Å². The summed E-state index contributed by atoms with van der Waals surface area (Å²) in [5.41, 5.74) is 0.898. The second-order valence-corrected chi connectivity index (χ2v) is 4.56. The van der Waals surface area contributed by atoms with Crippen LogP contribution in [-0.4, -0.2) is 37.6 Å². The molecule has 1 aromatic heterocycles. The van der Waals surface area contributed by atoms with Crippen LogP contribution in [-0.2, 0) is 11.2 Å². The van der Waals surface area contributed by atoms with E-state index in [-0.39, 0.29) is 0 Å². The Balaban J connectivity index is 2.73. The van der Waals surface area contributed by atoms with Crippen LogP contribution in [0.3, 0.4) is 0 Å². The number of thiazole rings is 1. The Kier molecular flexibility index (Phi) is 6.15. The zero-order valence-corrected chi connectivity index (χ0v) is 11.5. The van der Waals surface area contributed by atoms with E-state index in [0.29, 0.717) is 6.61 Å². The van der Waals surface area contributed by atoms with Gasteiger partial charge in [0, 0.05) is 19.7 Å². The van der Waals surface area contributed by atoms with Gasteiger partial charge in [0.25, 0.3) is 0 Å². The summed E-state index contributed by atoms with van der Waals surface area (Å²) in [7, 11) is 0. The van der Waals surface area contributed by atoms with Gasteiger partial charge in [-0.2, -0.15) is 0 Å². The summed E-state index contributed by atoms with van der Waals surface area (Å²) in [5, 5.41) is 0.922. The van der Waals surface area contributed by atoms with Crippen molar-refractivity contribution in [3.05, 3.63) is 10.6 Å². The van der Waals surface area contributed by atoms with Crippen molar-refractivity contribution < 1.29 is 9.53 Å². The van der Waals surface area contributed by atoms with Gasteiger partial charge in [-0.3, -0.25) is 4.79 Å². The van der Waals surface area contributed by atoms with E-state index in [1.807, 2.05) is 13.8 Å². The fourth-order valence-corrected chi connectivity index (χ4v) is 2.60. The van der Waals surface area contributed by atoms with Gasteiger partial charge in [-0.25, -0.2) is 4.98 Å². The van der Waals surface area contributed by atoms with E-state index in [9.17, 15) is 4.79 Å². The number of aryl methyl sites for hydroxylation is 1. The number of aromatic nitrogens is 1. The first-order valence-corrected chi connectivity index (χ1v) is 6.85. The molecule has 0 fully saturated rings. The summed E-state index contributed by atoms with van der Waals surface area (Å²) in [5.74, 6) is 0. The van der Waals surface area contributed by atoms with Crippen LogP contribution in [0.1, 0.15) is 36.1 Å². The molecule has 0 N–H and O–H groups in total. The van der Waals surface area contributed by atoms with Crippen LogP contribution in [0.25, 0.3) is 0 Å². The van der Waals surface area contributed by atoms with E-state index >= 15 is 0 Å². The number of ether oxygens (including phenoxy) is 1. The Labute approximate surface area is 107 Å². The number of hydrogen-bond acceptors (Lipinski definition) is 5. The maximum Gasteiger partial charge on any atom is 0.186 e. The van der Waals surface area contributed by atoms with Gasteiger partial charge in [0.2, 0.25) is 0 Å². The first kappa shape index (κ1) is 14.1. The van der Waals surface area contributed by atoms with Crippen molar-refractivity contribution in [2.24, 2.45) is 0 Å². The average Bonchev–Trinajstić information content (AvgIpc) is 2.77. The lowest BCUT2D eigenvalue weighted by Gasteiger charge is -2.19. The number of hydrogen-bond donors (Lipinski definition) is 0. The molecular formula is C12H20N2O2S. The minimum atomic E-state index is 0.696. The molecule has 17 heavy (non-hydrogen) atoms. The minimum Gasteiger partial charge on any atom is -0.380 e. The van der Waals surface area contributed by atoms with Crippen molar-refractivity contribution in [1.82, 2.24) is 4.98 Å². The van der Waals surface area contributed by atoms with Crippen LogP contribution in [0.2, 0.25) is 0 Å². The molecule has 0 aliphatic rings. The topological polar surface area (TPSA) is 42.4 Å². The quantitative estimate of drug-likeness (QED) is 0.529. The highest BCUT2D eigenvalue weighted by atomic mass is 32.1. The highest BCUT2D eigenvalue weighted by Gasteiger charge is 2.13. The smallest absolute Gasteiger partial charge is 0.186 e. The molecule has 0 aliphatic heterocycles. The fraction of sp³-hybridized carbons (Fsp3) is 0.667. The third-order valence-electron chi connectivity index (χ3n) is 2.52. The van der Waals surface area contributed by atoms with Crippen molar-refractivity contribution in [3.8, 4) is 0 Å². The molecular weight excluding hydrogens is 236 g/mol. The van der Waals surface area contributed by atoms with Crippen LogP contribution in [0.5, 0.6) is 0 Å². The van der Waals surface area contributed by atoms with Crippen molar-refractivity contribution in [3.63, 3.8) is 0 Å². The molecule has 0 atom stereocenters. The summed E-state index contributed by atoms with van der Waals surface area (Å²) in [6, 6.07) is 0. The molecule has 1 aromatic rings. The zero-order valence-electron chi connectivity index (χ0n) is 10.7. The second kappa shape index (κ2) is 7.40. The maximum atomic E-state index is 10.9. The normalized spacial score (nSPS) is 10.5. The van der Waals surface area contributed by atoms with Crippen molar-refractivity contribution in [1.29, 1.82) is 0 Å². The standard InChI is InChI=1S/C12H20N2O2S/c1-4-10-11(9-15)17-12(13-10)14(5-2)7-8-16-6-3/h9H,4-8H2,1-3H3. The molecule has 0 unspecified atom stereocenters. The van der Waals surface area contributed by atoms with Crippen LogP contribution < -0.4 is 4.90 Å². The van der Waals surface area contributed by atoms with Gasteiger partial charge in [-0.15, -0.1) is 0 Å². The number of anilines is 1. The average molecular weight is 256 g/mol. The number of carbonyl (C=O) groups is 1. The fourth-order valence-electron chi connectivity index (χ4n) is 1.54. The van der Waals surface area contributed by atoms with Crippen molar-refractivity contribution >= 4 is 22.8 Å². The molecule has 0 saturated heterocycles. The van der Waals surface area contributed by atoms with E-state index in [0.717, 1.165) is 48.1 Å². The van der Waals surface area contributed by atoms with E-state index < -0.39 is 0 Å². The summed E-state index contributed by atoms with van der Waals surface area (Å²) < 4.78 is 5.34. The summed E-state index contributed by atoms with van der Waals surface area (Å²) in [4.78, 5) is 18.3. The lowest BCUT2D eigenvalue weighted by atomic mass is 10.3. The van der Waals surface area contributed by atoms with Crippen molar-refractivity contribution in [2.45, 2.75) is 27.2 Å². The van der Waals surface area contributed by atoms with Gasteiger partial charge in [0.05, 0.1) is 17.2 Å². The van der Waals surface area contributed by atoms with Gasteiger partial charge in [0.15, 0.2) is 11.4 Å². The molecule has 96 valence electrons. The third-order valence-corrected chi connectivity index (χ3v) is 3.60. The largest absolute Gasteiger partial charge is 0.380 e. The Bertz CT molecular complexity index is 352. The van der Waals surface area contributed by atoms with Gasteiger partial charge < -0.3 is 9.64 Å². The van der Waals surface area contributed by atoms with Crippen LogP contribution >= 0.6 is 11.3 Å². The number of carbonyl (C=O) groups excluding carboxylic acids is 1. The Hall–Kier alpha value is -0.940. The zero-order chi connectivity index (χ0) is 12.7. The molecule has 0 spiro atoms. The van der Waals surface area contributed by atoms with Crippen molar-refractivity contribution in [2.75, 3.05) is 31.2 Å². The monoisotopic (exact) mass is 256 g/mol. The van der Waals surface area contributed by atoms with E-state index in [4.69, 9.17) is 4.74 Å². The van der Waals surface area contributed by atoms with E-state index in [2.05, 4.69) is 16.8 Å². The molecule has 0 aliphatic carbocycles. The Morgan fingerprint density at radius 3 is 2.65 bits per heavy atom. The highest BCUT2D eigenvalue weighted by molar-refractivity contribution is 7.17. The van der Waals surface area contributed by atoms with E-state index in [1.165, 1.54) is 11.3 Å². The predicted octanol–water partition coefficient (Wildman–Crippen LogP) is 2.38. The minimum absolute atomic E-state index is 0.696. The molecule has 0 amide bonds. The summed E-state index contributed by atoms with van der Waals surface area (Å²) in [6.07, 6.45) is 1.70. The number of nitrogens with zero attached hydrogens (tertiary/aromatic N) is 2. The summed E-state index contributed by atoms with van der Waals surface area (Å²) >= 11 is 1.47. The van der Waals surface area contributed by atoms with Gasteiger partial charge in [0.1, 0.15) is 0 Å². The van der Waals surface area contributed by atoms with E-state index in [1.54, 1.807) is 0 Å². The first-order valence-electron chi connectivity index (χ1n) is 6.04. The molecule has 0 bridgehead atoms. The lowest BCUT2D eigenvalue weighted by Crippen LogP contribution is -2.27. The molecule has 0 saturated carbocycles. The number of likely N-dealkylation sites (N-methyl/N-ethyl adjacent to an activating group) is 1. The Morgan fingerprint density at radius 2 is 2.18 bits per heavy atom. The first-order chi connectivity index (χ1) is 8.26. The Morgan fingerprint density at radius 1 is 1.41 bits per heavy atom. The molecule has 4 nitrogen and oxygen atoms in total. The molecule has 1 heterocycles. The van der Waals surface area contributed by atoms with Crippen LogP contribution in [0, 0.1) is 0 Å². The molecule has 5 heteroatoms. The third kappa shape index (κ3) is 3.78. The highest BCUT2D eigenvalue weighted by Crippen LogP contribution is 2.25. The number of aldehydes is 1. The van der Waals surface area contributed by atoms with Crippen LogP contribution in [0.15, 0.2) is 0 Å². The number of rotatable bonds is 8. The SMILES string of the molecule is CCOCCN(CC)c1nc(CC)c(C=O)s1. The molecule has 0 radical (unpaired) electrons. The second-order valence-electron chi connectivity index (χ2n) is 3.56. The van der Waals surface area contributed by atoms with Gasteiger partial charge >= 0.3 is 0 Å². The summed E-state index contributed by atoms with van der Waals surface area (Å²) in [6.45, 7) is 9.21. The van der Waals surface area contributed by atoms with Gasteiger partial charge in [-0.05, 0) is 20.3 Å². The molecule has 0 aromatic carbocycles. The maximum absolute atomic E-state index is 10.9. The van der Waals surface area contributed by atoms with Crippen LogP contribution in [0.4, 0.5) is 5.13 Å². The predicted molar refractivity (Wildman–Crippen MR) is 71.3 cm³/mol. The molecule has 1 rings (SSSR count). The lowest BCUT2D eigenvalue weighted by molar-refractivity contribution is 0.112.